The van der Waals surface area contributed by atoms with Gasteiger partial charge in [0, 0.05) is 17.7 Å². The molecule has 0 fully saturated rings. The van der Waals surface area contributed by atoms with Crippen LogP contribution in [0.15, 0.2) is 42.5 Å². The van der Waals surface area contributed by atoms with E-state index in [2.05, 4.69) is 0 Å². The van der Waals surface area contributed by atoms with Gasteiger partial charge in [-0.1, -0.05) is 12.1 Å². The molecule has 0 radical (unpaired) electrons. The average molecular weight is 230 g/mol. The molecule has 5 heteroatoms. The standard InChI is InChI=1S/C12H10N2O3/c13-11-3-1-2-10(12(11)15)8-4-6-9(7-5-8)14(16)17/h1-7,15H,13H2. The molecule has 0 unspecified atom stereocenters. The van der Waals surface area contributed by atoms with E-state index in [0.29, 0.717) is 11.1 Å². The van der Waals surface area contributed by atoms with Crippen LogP contribution in [0.3, 0.4) is 0 Å². The molecule has 2 aromatic carbocycles. The number of nitrogens with two attached hydrogens (primary N) is 1. The minimum absolute atomic E-state index is 0.0112. The van der Waals surface area contributed by atoms with Crippen molar-refractivity contribution in [1.82, 2.24) is 0 Å². The van der Waals surface area contributed by atoms with E-state index in [9.17, 15) is 15.2 Å². The number of aromatic hydroxyl groups is 1. The Bertz CT molecular complexity index is 564. The minimum Gasteiger partial charge on any atom is -0.505 e. The second-order valence-electron chi connectivity index (χ2n) is 3.55. The van der Waals surface area contributed by atoms with Crippen LogP contribution in [-0.2, 0) is 0 Å². The topological polar surface area (TPSA) is 89.4 Å². The van der Waals surface area contributed by atoms with E-state index in [4.69, 9.17) is 5.73 Å². The lowest BCUT2D eigenvalue weighted by Gasteiger charge is -2.06. The third-order valence-corrected chi connectivity index (χ3v) is 2.46. The summed E-state index contributed by atoms with van der Waals surface area (Å²) in [4.78, 5) is 10.0. The molecular formula is C12H10N2O3. The quantitative estimate of drug-likeness (QED) is 0.359. The van der Waals surface area contributed by atoms with Gasteiger partial charge in [-0.05, 0) is 23.8 Å². The number of nitro groups is 1. The van der Waals surface area contributed by atoms with Crippen LogP contribution in [0.4, 0.5) is 11.4 Å². The molecule has 3 N–H and O–H groups in total. The number of rotatable bonds is 2. The van der Waals surface area contributed by atoms with E-state index in [0.717, 1.165) is 0 Å². The van der Waals surface area contributed by atoms with E-state index >= 15 is 0 Å². The number of para-hydroxylation sites is 1. The largest absolute Gasteiger partial charge is 0.505 e. The number of phenolic OH excluding ortho intramolecular Hbond substituents is 1. The molecule has 0 saturated carbocycles. The summed E-state index contributed by atoms with van der Waals surface area (Å²) in [5, 5.41) is 20.3. The van der Waals surface area contributed by atoms with Crippen molar-refractivity contribution in [2.24, 2.45) is 0 Å². The SMILES string of the molecule is Nc1cccc(-c2ccc([N+](=O)[O-])cc2)c1O. The number of anilines is 1. The fourth-order valence-corrected chi connectivity index (χ4v) is 1.56. The van der Waals surface area contributed by atoms with E-state index in [1.54, 1.807) is 30.3 Å². The molecule has 0 aliphatic carbocycles. The van der Waals surface area contributed by atoms with Crippen LogP contribution in [0.2, 0.25) is 0 Å². The summed E-state index contributed by atoms with van der Waals surface area (Å²) in [7, 11) is 0. The molecule has 2 rings (SSSR count). The molecule has 2 aromatic rings. The lowest BCUT2D eigenvalue weighted by atomic mass is 10.0. The summed E-state index contributed by atoms with van der Waals surface area (Å²) in [6.07, 6.45) is 0. The Labute approximate surface area is 97.3 Å². The Morgan fingerprint density at radius 3 is 2.35 bits per heavy atom. The van der Waals surface area contributed by atoms with Gasteiger partial charge in [-0.2, -0.15) is 0 Å². The molecule has 0 amide bonds. The van der Waals surface area contributed by atoms with Gasteiger partial charge in [-0.3, -0.25) is 10.1 Å². The van der Waals surface area contributed by atoms with Gasteiger partial charge in [0.05, 0.1) is 10.6 Å². The maximum atomic E-state index is 10.5. The highest BCUT2D eigenvalue weighted by Crippen LogP contribution is 2.34. The summed E-state index contributed by atoms with van der Waals surface area (Å²) >= 11 is 0. The summed E-state index contributed by atoms with van der Waals surface area (Å²) in [5.74, 6) is -0.0126. The van der Waals surface area contributed by atoms with Crippen molar-refractivity contribution in [2.45, 2.75) is 0 Å². The van der Waals surface area contributed by atoms with E-state index in [1.165, 1.54) is 12.1 Å². The third kappa shape index (κ3) is 2.03. The third-order valence-electron chi connectivity index (χ3n) is 2.46. The number of benzene rings is 2. The number of nitro benzene ring substituents is 1. The first-order valence-corrected chi connectivity index (χ1v) is 4.92. The van der Waals surface area contributed by atoms with Crippen molar-refractivity contribution in [1.29, 1.82) is 0 Å². The normalized spacial score (nSPS) is 10.1. The van der Waals surface area contributed by atoms with Crippen molar-refractivity contribution >= 4 is 11.4 Å². The first-order chi connectivity index (χ1) is 8.09. The maximum Gasteiger partial charge on any atom is 0.269 e. The van der Waals surface area contributed by atoms with E-state index in [1.807, 2.05) is 0 Å². The van der Waals surface area contributed by atoms with Gasteiger partial charge < -0.3 is 10.8 Å². The lowest BCUT2D eigenvalue weighted by Crippen LogP contribution is -1.89. The van der Waals surface area contributed by atoms with Crippen molar-refractivity contribution in [3.8, 4) is 16.9 Å². The van der Waals surface area contributed by atoms with Gasteiger partial charge in [0.15, 0.2) is 0 Å². The summed E-state index contributed by atoms with van der Waals surface area (Å²) < 4.78 is 0. The van der Waals surface area contributed by atoms with Crippen molar-refractivity contribution in [3.63, 3.8) is 0 Å². The lowest BCUT2D eigenvalue weighted by molar-refractivity contribution is -0.384. The van der Waals surface area contributed by atoms with Gasteiger partial charge in [0.1, 0.15) is 5.75 Å². The van der Waals surface area contributed by atoms with Gasteiger partial charge in [-0.15, -0.1) is 0 Å². The molecule has 0 saturated heterocycles. The Morgan fingerprint density at radius 1 is 1.12 bits per heavy atom. The summed E-state index contributed by atoms with van der Waals surface area (Å²) in [6.45, 7) is 0. The second kappa shape index (κ2) is 4.13. The molecule has 0 aliphatic rings. The van der Waals surface area contributed by atoms with Crippen LogP contribution in [0.5, 0.6) is 5.75 Å². The van der Waals surface area contributed by atoms with Crippen LogP contribution in [-0.4, -0.2) is 10.0 Å². The number of nitrogen functional groups attached to an aromatic ring is 1. The molecule has 0 bridgehead atoms. The molecule has 0 spiro atoms. The van der Waals surface area contributed by atoms with Crippen molar-refractivity contribution in [2.75, 3.05) is 5.73 Å². The van der Waals surface area contributed by atoms with Gasteiger partial charge in [-0.25, -0.2) is 0 Å². The van der Waals surface area contributed by atoms with Gasteiger partial charge in [0.25, 0.3) is 5.69 Å². The Hall–Kier alpha value is -2.56. The monoisotopic (exact) mass is 230 g/mol. The minimum atomic E-state index is -0.469. The zero-order valence-electron chi connectivity index (χ0n) is 8.83. The molecule has 0 atom stereocenters. The van der Waals surface area contributed by atoms with Crippen LogP contribution < -0.4 is 5.73 Å². The van der Waals surface area contributed by atoms with Crippen molar-refractivity contribution in [3.05, 3.63) is 52.6 Å². The zero-order valence-corrected chi connectivity index (χ0v) is 8.83. The number of hydrogen-bond acceptors (Lipinski definition) is 4. The molecule has 0 aliphatic heterocycles. The van der Waals surface area contributed by atoms with E-state index < -0.39 is 4.92 Å². The smallest absolute Gasteiger partial charge is 0.269 e. The van der Waals surface area contributed by atoms with E-state index in [-0.39, 0.29) is 17.1 Å². The number of non-ortho nitro benzene ring substituents is 1. The highest BCUT2D eigenvalue weighted by molar-refractivity contribution is 5.76. The molecule has 86 valence electrons. The Morgan fingerprint density at radius 2 is 1.76 bits per heavy atom. The fraction of sp³-hybridized carbons (Fsp3) is 0. The molecule has 5 nitrogen and oxygen atoms in total. The van der Waals surface area contributed by atoms with Crippen LogP contribution >= 0.6 is 0 Å². The molecule has 0 aromatic heterocycles. The average Bonchev–Trinajstić information content (AvgIpc) is 2.33. The van der Waals surface area contributed by atoms with Crippen molar-refractivity contribution < 1.29 is 10.0 Å². The highest BCUT2D eigenvalue weighted by Gasteiger charge is 2.09. The second-order valence-corrected chi connectivity index (χ2v) is 3.55. The molecular weight excluding hydrogens is 220 g/mol. The Kier molecular flexibility index (Phi) is 2.66. The fourth-order valence-electron chi connectivity index (χ4n) is 1.56. The van der Waals surface area contributed by atoms with Gasteiger partial charge >= 0.3 is 0 Å². The maximum absolute atomic E-state index is 10.5. The van der Waals surface area contributed by atoms with Crippen LogP contribution in [0.25, 0.3) is 11.1 Å². The van der Waals surface area contributed by atoms with Gasteiger partial charge in [0.2, 0.25) is 0 Å². The predicted molar refractivity (Wildman–Crippen MR) is 64.6 cm³/mol. The molecule has 17 heavy (non-hydrogen) atoms. The van der Waals surface area contributed by atoms with Crippen LogP contribution in [0, 0.1) is 10.1 Å². The summed E-state index contributed by atoms with van der Waals surface area (Å²) in [5.41, 5.74) is 7.10. The first-order valence-electron chi connectivity index (χ1n) is 4.92. The van der Waals surface area contributed by atoms with Crippen LogP contribution in [0.1, 0.15) is 0 Å². The first kappa shape index (κ1) is 10.9. The number of nitrogens with zero attached hydrogens (tertiary/aromatic N) is 1. The number of phenols is 1. The zero-order chi connectivity index (χ0) is 12.4. The Balaban J connectivity index is 2.47. The predicted octanol–water partition coefficient (Wildman–Crippen LogP) is 2.55. The highest BCUT2D eigenvalue weighted by atomic mass is 16.6. The summed E-state index contributed by atoms with van der Waals surface area (Å²) in [6, 6.07) is 10.9. The number of hydrogen-bond donors (Lipinski definition) is 2. The molecule has 0 heterocycles.